The third kappa shape index (κ3) is 7.84. The van der Waals surface area contributed by atoms with E-state index in [0.29, 0.717) is 72.8 Å². The van der Waals surface area contributed by atoms with Gasteiger partial charge in [-0.3, -0.25) is 19.6 Å². The molecule has 3 aromatic carbocycles. The summed E-state index contributed by atoms with van der Waals surface area (Å²) in [5, 5.41) is 26.6. The van der Waals surface area contributed by atoms with Crippen LogP contribution in [0.5, 0.6) is 17.5 Å². The number of fused-ring (bicyclic) bond motifs is 4. The first-order valence-corrected chi connectivity index (χ1v) is 20.4. The van der Waals surface area contributed by atoms with E-state index in [9.17, 15) is 15.0 Å². The van der Waals surface area contributed by atoms with Gasteiger partial charge in [0.1, 0.15) is 35.1 Å². The van der Waals surface area contributed by atoms with Gasteiger partial charge in [-0.1, -0.05) is 50.1 Å². The van der Waals surface area contributed by atoms with Crippen molar-refractivity contribution in [2.75, 3.05) is 77.0 Å². The molecule has 0 aliphatic carbocycles. The molecular formula is C45H51FN8O4. The van der Waals surface area contributed by atoms with Crippen LogP contribution < -0.4 is 15.0 Å². The number of nitrogens with one attached hydrogen (secondary N) is 1. The molecule has 2 aromatic heterocycles. The van der Waals surface area contributed by atoms with Gasteiger partial charge < -0.3 is 30.1 Å². The zero-order valence-electron chi connectivity index (χ0n) is 33.4. The molecule has 0 radical (unpaired) electrons. The lowest BCUT2D eigenvalue weighted by Crippen LogP contribution is -2.51. The Morgan fingerprint density at radius 1 is 1.02 bits per heavy atom. The maximum atomic E-state index is 16.9. The van der Waals surface area contributed by atoms with Crippen LogP contribution in [-0.4, -0.2) is 130 Å². The molecule has 12 nitrogen and oxygen atoms in total. The fourth-order valence-electron chi connectivity index (χ4n) is 8.71. The van der Waals surface area contributed by atoms with Crippen molar-refractivity contribution in [2.24, 2.45) is 0 Å². The number of nitrogens with zero attached hydrogens (tertiary/aromatic N) is 7. The fourth-order valence-corrected chi connectivity index (χ4v) is 8.71. The number of aromatic hydroxyl groups is 2. The number of carbonyl (C=O) groups is 1. The lowest BCUT2D eigenvalue weighted by molar-refractivity contribution is 0.0704. The highest BCUT2D eigenvalue weighted by molar-refractivity contribution is 6.02. The van der Waals surface area contributed by atoms with Crippen LogP contribution in [0, 0.1) is 18.2 Å². The van der Waals surface area contributed by atoms with Crippen molar-refractivity contribution in [3.05, 3.63) is 77.2 Å². The van der Waals surface area contributed by atoms with E-state index in [-0.39, 0.29) is 46.1 Å². The first-order chi connectivity index (χ1) is 28.1. The molecule has 2 atom stereocenters. The number of benzene rings is 3. The average molecular weight is 787 g/mol. The Bertz CT molecular complexity index is 2360. The number of phenols is 2. The minimum absolute atomic E-state index is 0.00729. The van der Waals surface area contributed by atoms with E-state index < -0.39 is 5.82 Å². The summed E-state index contributed by atoms with van der Waals surface area (Å²) in [4.78, 5) is 36.3. The summed E-state index contributed by atoms with van der Waals surface area (Å²) in [7, 11) is 0. The topological polar surface area (TPSA) is 130 Å². The zero-order chi connectivity index (χ0) is 40.5. The van der Waals surface area contributed by atoms with Gasteiger partial charge in [-0.15, -0.1) is 6.42 Å². The Morgan fingerprint density at radius 2 is 1.72 bits per heavy atom. The zero-order valence-corrected chi connectivity index (χ0v) is 33.4. The Morgan fingerprint density at radius 3 is 2.41 bits per heavy atom. The third-order valence-electron chi connectivity index (χ3n) is 11.9. The van der Waals surface area contributed by atoms with Crippen molar-refractivity contribution in [1.29, 1.82) is 0 Å². The summed E-state index contributed by atoms with van der Waals surface area (Å²) >= 11 is 0. The smallest absolute Gasteiger partial charge is 0.319 e. The van der Waals surface area contributed by atoms with E-state index >= 15 is 4.39 Å². The summed E-state index contributed by atoms with van der Waals surface area (Å²) in [5.74, 6) is 2.38. The SMILES string of the molecule is C#Cc1cccc2cccc(-c3ncc4c(N5CC6CCC(C5)N6)nc(OCCN5CCN(CCN(CC)C(=O)c6cc(C(C)C)c(O)cc6O)CC5)nc4c3F)c12. The first kappa shape index (κ1) is 39.3. The average Bonchev–Trinajstić information content (AvgIpc) is 3.57. The van der Waals surface area contributed by atoms with Crippen LogP contribution in [0.3, 0.4) is 0 Å². The predicted molar refractivity (Wildman–Crippen MR) is 224 cm³/mol. The van der Waals surface area contributed by atoms with E-state index in [4.69, 9.17) is 16.1 Å². The van der Waals surface area contributed by atoms with Crippen LogP contribution in [0.15, 0.2) is 54.7 Å². The van der Waals surface area contributed by atoms with Gasteiger partial charge in [-0.05, 0) is 48.8 Å². The number of hydrogen-bond donors (Lipinski definition) is 3. The molecule has 302 valence electrons. The van der Waals surface area contributed by atoms with Crippen molar-refractivity contribution in [3.63, 3.8) is 0 Å². The van der Waals surface area contributed by atoms with Crippen molar-refractivity contribution < 1.29 is 24.1 Å². The Hall–Kier alpha value is -5.55. The number of likely N-dealkylation sites (N-methyl/N-ethyl adjacent to an activating group) is 1. The van der Waals surface area contributed by atoms with Crippen LogP contribution in [0.2, 0.25) is 0 Å². The molecule has 3 aliphatic rings. The minimum Gasteiger partial charge on any atom is -0.508 e. The number of aromatic nitrogens is 3. The van der Waals surface area contributed by atoms with Crippen LogP contribution in [-0.2, 0) is 0 Å². The van der Waals surface area contributed by atoms with Crippen molar-refractivity contribution >= 4 is 33.4 Å². The molecule has 58 heavy (non-hydrogen) atoms. The molecule has 0 saturated carbocycles. The lowest BCUT2D eigenvalue weighted by Gasteiger charge is -2.35. The molecule has 5 aromatic rings. The van der Waals surface area contributed by atoms with E-state index in [1.54, 1.807) is 17.2 Å². The standard InChI is InChI=1S/C45H51FN8O4/c1-5-29-9-7-10-30-11-8-12-33(39(29)30)41-40(46)42-36(25-47-41)43(54-26-31-13-14-32(27-54)48-31)50-45(49-42)58-22-21-52-17-15-51(16-18-52)19-20-53(6-2)44(57)35-23-34(28(3)4)37(55)24-38(35)56/h1,7-12,23-25,28,31-32,48,55-56H,6,13-22,26-27H2,2-4H3. The molecule has 1 amide bonds. The van der Waals surface area contributed by atoms with Crippen LogP contribution >= 0.6 is 0 Å². The monoisotopic (exact) mass is 786 g/mol. The van der Waals surface area contributed by atoms with E-state index in [1.165, 1.54) is 6.07 Å². The van der Waals surface area contributed by atoms with E-state index in [1.807, 2.05) is 57.2 Å². The number of phenolic OH excluding ortho intramolecular Hbond substituents is 2. The lowest BCUT2D eigenvalue weighted by atomic mass is 9.97. The van der Waals surface area contributed by atoms with Gasteiger partial charge in [0.05, 0.1) is 10.9 Å². The molecular weight excluding hydrogens is 736 g/mol. The second-order valence-electron chi connectivity index (χ2n) is 15.9. The molecule has 2 bridgehead atoms. The number of piperazine rings is 2. The van der Waals surface area contributed by atoms with Gasteiger partial charge in [-0.25, -0.2) is 4.39 Å². The summed E-state index contributed by atoms with van der Waals surface area (Å²) in [5.41, 5.74) is 2.47. The molecule has 8 rings (SSSR count). The normalized spacial score (nSPS) is 18.6. The van der Waals surface area contributed by atoms with Gasteiger partial charge in [-0.2, -0.15) is 9.97 Å². The number of ether oxygens (including phenoxy) is 1. The molecule has 2 unspecified atom stereocenters. The van der Waals surface area contributed by atoms with Crippen LogP contribution in [0.25, 0.3) is 32.9 Å². The highest BCUT2D eigenvalue weighted by atomic mass is 19.1. The Balaban J connectivity index is 0.945. The second kappa shape index (κ2) is 16.7. The summed E-state index contributed by atoms with van der Waals surface area (Å²) in [6.07, 6.45) is 9.75. The van der Waals surface area contributed by atoms with Gasteiger partial charge >= 0.3 is 6.01 Å². The van der Waals surface area contributed by atoms with E-state index in [0.717, 1.165) is 62.9 Å². The van der Waals surface area contributed by atoms with Crippen molar-refractivity contribution in [2.45, 2.75) is 51.6 Å². The maximum absolute atomic E-state index is 16.9. The van der Waals surface area contributed by atoms with Gasteiger partial charge in [0.15, 0.2) is 5.82 Å². The molecule has 3 N–H and O–H groups in total. The number of pyridine rings is 1. The number of halogens is 1. The molecule has 5 heterocycles. The van der Waals surface area contributed by atoms with Gasteiger partial charge in [0, 0.05) is 106 Å². The molecule has 3 saturated heterocycles. The quantitative estimate of drug-likeness (QED) is 0.137. The number of rotatable bonds is 12. The third-order valence-corrected chi connectivity index (χ3v) is 11.9. The van der Waals surface area contributed by atoms with Crippen LogP contribution in [0.1, 0.15) is 61.0 Å². The predicted octanol–water partition coefficient (Wildman–Crippen LogP) is 5.60. The summed E-state index contributed by atoms with van der Waals surface area (Å²) in [6.45, 7) is 13.3. The number of anilines is 1. The number of carbonyl (C=O) groups excluding carboxylic acids is 1. The summed E-state index contributed by atoms with van der Waals surface area (Å²) < 4.78 is 23.1. The van der Waals surface area contributed by atoms with Crippen molar-refractivity contribution in [3.8, 4) is 41.1 Å². The minimum atomic E-state index is -0.539. The number of amides is 1. The van der Waals surface area contributed by atoms with Crippen LogP contribution in [0.4, 0.5) is 10.2 Å². The molecule has 3 fully saturated rings. The second-order valence-corrected chi connectivity index (χ2v) is 15.9. The highest BCUT2D eigenvalue weighted by Gasteiger charge is 2.34. The fraction of sp³-hybridized carbons (Fsp3) is 0.422. The van der Waals surface area contributed by atoms with Gasteiger partial charge in [0.2, 0.25) is 0 Å². The number of hydrogen-bond acceptors (Lipinski definition) is 11. The van der Waals surface area contributed by atoms with E-state index in [2.05, 4.69) is 35.9 Å². The molecule has 0 spiro atoms. The summed E-state index contributed by atoms with van der Waals surface area (Å²) in [6, 6.07) is 15.1. The molecule has 13 heteroatoms. The molecule has 3 aliphatic heterocycles. The Kier molecular flexibility index (Phi) is 11.3. The largest absolute Gasteiger partial charge is 0.508 e. The first-order valence-electron chi connectivity index (χ1n) is 20.4. The van der Waals surface area contributed by atoms with Crippen molar-refractivity contribution in [1.82, 2.24) is 35.0 Å². The number of terminal acetylenes is 1. The highest BCUT2D eigenvalue weighted by Crippen LogP contribution is 2.37. The Labute approximate surface area is 338 Å². The maximum Gasteiger partial charge on any atom is 0.319 e. The van der Waals surface area contributed by atoms with Gasteiger partial charge in [0.25, 0.3) is 5.91 Å².